The van der Waals surface area contributed by atoms with Crippen LogP contribution in [0.3, 0.4) is 0 Å². The van der Waals surface area contributed by atoms with Crippen molar-refractivity contribution in [2.45, 2.75) is 91.1 Å². The fourth-order valence-electron chi connectivity index (χ4n) is 3.62. The smallest absolute Gasteiger partial charge is 0.109 e. The molecule has 0 N–H and O–H groups in total. The van der Waals surface area contributed by atoms with E-state index in [1.807, 2.05) is 12.2 Å². The minimum atomic E-state index is 0.167. The Kier molecular flexibility index (Phi) is 10.2. The van der Waals surface area contributed by atoms with Crippen molar-refractivity contribution in [3.05, 3.63) is 83.0 Å². The average molecular weight is 520 g/mol. The molecule has 2 aliphatic rings. The van der Waals surface area contributed by atoms with Gasteiger partial charge in [0.1, 0.15) is 0 Å². The van der Waals surface area contributed by atoms with E-state index in [4.69, 9.17) is 0 Å². The summed E-state index contributed by atoms with van der Waals surface area (Å²) >= 11 is 1.80. The predicted molar refractivity (Wildman–Crippen MR) is 139 cm³/mol. The summed E-state index contributed by atoms with van der Waals surface area (Å²) in [6.45, 7) is 18.2. The van der Waals surface area contributed by atoms with Crippen LogP contribution in [0.1, 0.15) is 84.1 Å². The Morgan fingerprint density at radius 3 is 2.00 bits per heavy atom. The van der Waals surface area contributed by atoms with Gasteiger partial charge in [-0.25, -0.2) is 12.2 Å². The van der Waals surface area contributed by atoms with E-state index < -0.39 is 0 Å². The maximum atomic E-state index is 3.67. The van der Waals surface area contributed by atoms with E-state index in [-0.39, 0.29) is 16.3 Å². The number of hydrogen-bond donors (Lipinski definition) is 0. The van der Waals surface area contributed by atoms with E-state index >= 15 is 0 Å². The van der Waals surface area contributed by atoms with E-state index in [9.17, 15) is 0 Å². The molecule has 0 amide bonds. The molecule has 0 fully saturated rings. The maximum absolute atomic E-state index is 3.67. The van der Waals surface area contributed by atoms with Crippen molar-refractivity contribution < 1.29 is 23.3 Å². The van der Waals surface area contributed by atoms with Gasteiger partial charge in [0.25, 0.3) is 0 Å². The Morgan fingerprint density at radius 2 is 1.56 bits per heavy atom. The second kappa shape index (κ2) is 11.9. The zero-order valence-corrected chi connectivity index (χ0v) is 24.9. The van der Waals surface area contributed by atoms with E-state index in [0.29, 0.717) is 0 Å². The molecule has 0 heterocycles. The van der Waals surface area contributed by atoms with E-state index in [1.165, 1.54) is 45.5 Å². The third-order valence-corrected chi connectivity index (χ3v) is 12.8. The third-order valence-electron chi connectivity index (χ3n) is 5.90. The van der Waals surface area contributed by atoms with E-state index in [1.54, 1.807) is 23.3 Å². The summed E-state index contributed by atoms with van der Waals surface area (Å²) in [7, 11) is 0. The van der Waals surface area contributed by atoms with Crippen LogP contribution in [0.4, 0.5) is 0 Å². The van der Waals surface area contributed by atoms with Gasteiger partial charge in [0, 0.05) is 0 Å². The summed E-state index contributed by atoms with van der Waals surface area (Å²) in [5, 5.41) is 0. The zero-order chi connectivity index (χ0) is 23.9. The molecule has 0 saturated heterocycles. The topological polar surface area (TPSA) is 0 Å². The fraction of sp³-hybridized carbons (Fsp3) is 0.467. The Hall–Kier alpha value is -0.980. The molecular formula is C30H40SiZr. The molecule has 0 nitrogen and oxygen atoms in total. The van der Waals surface area contributed by atoms with Crippen molar-refractivity contribution in [1.29, 1.82) is 0 Å². The monoisotopic (exact) mass is 518 g/mol. The molecule has 0 aromatic heterocycles. The molecule has 168 valence electrons. The van der Waals surface area contributed by atoms with Gasteiger partial charge in [0.15, 0.2) is 0 Å². The molecule has 0 radical (unpaired) electrons. The summed E-state index contributed by atoms with van der Waals surface area (Å²) in [6.07, 6.45) is 11.0. The molecule has 0 spiro atoms. The minimum absolute atomic E-state index is 0.167. The van der Waals surface area contributed by atoms with Crippen molar-refractivity contribution in [2.75, 3.05) is 0 Å². The van der Waals surface area contributed by atoms with Gasteiger partial charge in [-0.2, -0.15) is 29.8 Å². The van der Waals surface area contributed by atoms with E-state index in [0.717, 1.165) is 12.8 Å². The largest absolute Gasteiger partial charge is 0.273 e. The van der Waals surface area contributed by atoms with Crippen molar-refractivity contribution in [2.24, 2.45) is 0 Å². The Balaban J connectivity index is 0.000000272. The summed E-state index contributed by atoms with van der Waals surface area (Å²) < 4.78 is 0. The first kappa shape index (κ1) is 27.3. The molecule has 0 atom stereocenters. The summed E-state index contributed by atoms with van der Waals surface area (Å²) in [6, 6.07) is 18.1. The number of allylic oxidation sites excluding steroid dienone is 4. The molecule has 2 heteroatoms. The summed E-state index contributed by atoms with van der Waals surface area (Å²) in [5.74, 6) is 0. The average Bonchev–Trinajstić information content (AvgIpc) is 3.42. The molecule has 4 rings (SSSR count). The van der Waals surface area contributed by atoms with Crippen molar-refractivity contribution in [3.63, 3.8) is 0 Å². The first-order valence-electron chi connectivity index (χ1n) is 11.9. The molecule has 0 aliphatic heterocycles. The van der Waals surface area contributed by atoms with Gasteiger partial charge in [-0.15, -0.1) is 17.5 Å². The first-order chi connectivity index (χ1) is 15.0. The molecule has 32 heavy (non-hydrogen) atoms. The first-order valence-corrected chi connectivity index (χ1v) is 17.5. The quantitative estimate of drug-likeness (QED) is 0.235. The van der Waals surface area contributed by atoms with Crippen molar-refractivity contribution >= 4 is 5.43 Å². The Bertz CT molecular complexity index is 903. The zero-order valence-electron chi connectivity index (χ0n) is 21.4. The molecule has 0 saturated carbocycles. The van der Waals surface area contributed by atoms with Gasteiger partial charge in [0.05, 0.1) is 0 Å². The van der Waals surface area contributed by atoms with Crippen LogP contribution in [0.5, 0.6) is 0 Å². The van der Waals surface area contributed by atoms with Crippen LogP contribution in [-0.2, 0) is 40.6 Å². The third kappa shape index (κ3) is 7.81. The fourth-order valence-corrected chi connectivity index (χ4v) is 4.12. The molecule has 2 aliphatic carbocycles. The van der Waals surface area contributed by atoms with Gasteiger partial charge in [0.2, 0.25) is 0 Å². The second-order valence-electron chi connectivity index (χ2n) is 10.6. The van der Waals surface area contributed by atoms with Gasteiger partial charge in [-0.3, -0.25) is 6.08 Å². The summed E-state index contributed by atoms with van der Waals surface area (Å²) in [5.41, 5.74) is 8.93. The number of fused-ring (bicyclic) bond motifs is 3. The SMILES string of the molecule is CC(C)(C)c1[c-]c2c(cc1)-c1ccc(C(C)(C)C)cc1C2.CC[Si](=[Zr+2])CC.[C-]1=CC=CC1. The molecule has 0 bridgehead atoms. The van der Waals surface area contributed by atoms with Crippen molar-refractivity contribution in [3.8, 4) is 11.1 Å². The molecular weight excluding hydrogens is 480 g/mol. The van der Waals surface area contributed by atoms with Crippen LogP contribution in [0, 0.1) is 12.1 Å². The van der Waals surface area contributed by atoms with Gasteiger partial charge in [-0.05, 0) is 28.4 Å². The summed E-state index contributed by atoms with van der Waals surface area (Å²) in [4.78, 5) is 0. The molecule has 2 aromatic rings. The second-order valence-corrected chi connectivity index (χ2v) is 18.5. The Morgan fingerprint density at radius 1 is 0.906 bits per heavy atom. The molecule has 2 aromatic carbocycles. The normalized spacial score (nSPS) is 13.6. The number of hydrogen-bond acceptors (Lipinski definition) is 0. The standard InChI is InChI=1S/C21H25.C5H5.C4H10Si.Zr/c1-20(2,3)16-7-9-18-14(12-16)11-15-13-17(21(4,5)6)8-10-19(15)18;1-2-4-5-3-1;1-3-5-4-2;/h7-10,12H,11H2,1-6H3;1-3H,4H2;3-4H2,1-2H3;/q2*-1;;+2. The minimum Gasteiger partial charge on any atom is -0.273 e. The Labute approximate surface area is 213 Å². The van der Waals surface area contributed by atoms with Gasteiger partial charge < -0.3 is 0 Å². The van der Waals surface area contributed by atoms with Gasteiger partial charge in [-0.1, -0.05) is 65.3 Å². The molecule has 0 unspecified atom stereocenters. The van der Waals surface area contributed by atoms with Gasteiger partial charge >= 0.3 is 54.7 Å². The van der Waals surface area contributed by atoms with Crippen LogP contribution in [0.2, 0.25) is 12.1 Å². The predicted octanol–water partition coefficient (Wildman–Crippen LogP) is 8.52. The van der Waals surface area contributed by atoms with Crippen LogP contribution in [-0.4, -0.2) is 5.43 Å². The van der Waals surface area contributed by atoms with Crippen molar-refractivity contribution in [1.82, 2.24) is 0 Å². The van der Waals surface area contributed by atoms with Crippen LogP contribution >= 0.6 is 0 Å². The maximum Gasteiger partial charge on any atom is -0.109 e. The van der Waals surface area contributed by atoms with Crippen LogP contribution in [0.25, 0.3) is 11.1 Å². The number of rotatable bonds is 2. The van der Waals surface area contributed by atoms with E-state index in [2.05, 4.69) is 104 Å². The van der Waals surface area contributed by atoms with Crippen LogP contribution < -0.4 is 0 Å². The number of benzene rings is 2. The van der Waals surface area contributed by atoms with Crippen LogP contribution in [0.15, 0.2) is 48.6 Å².